The summed E-state index contributed by atoms with van der Waals surface area (Å²) in [4.78, 5) is 22.8. The molecule has 0 saturated heterocycles. The van der Waals surface area contributed by atoms with Crippen LogP contribution in [0.2, 0.25) is 10.0 Å². The fourth-order valence-electron chi connectivity index (χ4n) is 2.87. The molecule has 27 heavy (non-hydrogen) atoms. The van der Waals surface area contributed by atoms with Crippen molar-refractivity contribution in [3.05, 3.63) is 57.6 Å². The number of methoxy groups -OCH3 is 1. The number of amides is 2. The van der Waals surface area contributed by atoms with Gasteiger partial charge < -0.3 is 15.4 Å². The maximum atomic E-state index is 11.4. The van der Waals surface area contributed by atoms with Crippen molar-refractivity contribution in [2.75, 3.05) is 17.7 Å². The van der Waals surface area contributed by atoms with Gasteiger partial charge in [0, 0.05) is 32.9 Å². The van der Waals surface area contributed by atoms with Crippen LogP contribution in [0.15, 0.2) is 36.4 Å². The lowest BCUT2D eigenvalue weighted by Gasteiger charge is -2.31. The summed E-state index contributed by atoms with van der Waals surface area (Å²) < 4.78 is 5.80. The van der Waals surface area contributed by atoms with E-state index in [1.54, 1.807) is 25.3 Å². The molecular weight excluding hydrogens is 387 g/mol. The lowest BCUT2D eigenvalue weighted by molar-refractivity contribution is -0.115. The first-order valence-electron chi connectivity index (χ1n) is 8.34. The van der Waals surface area contributed by atoms with E-state index in [9.17, 15) is 9.59 Å². The number of rotatable bonds is 6. The fraction of sp³-hybridized carbons (Fsp3) is 0.300. The quantitative estimate of drug-likeness (QED) is 0.705. The number of ether oxygens (including phenoxy) is 1. The Morgan fingerprint density at radius 3 is 2.00 bits per heavy atom. The standard InChI is InChI=1S/C20H22Cl2N2O3/c1-12(25)23-16-9-5-7-14(18(16)21)11-20(3,27-4)15-8-6-10-17(19(15)22)24-13(2)26/h5-10H,11H2,1-4H3,(H,23,25)(H,24,26). The van der Waals surface area contributed by atoms with Gasteiger partial charge in [0.2, 0.25) is 11.8 Å². The molecule has 0 bridgehead atoms. The number of carbonyl (C=O) groups excluding carboxylic acids is 2. The summed E-state index contributed by atoms with van der Waals surface area (Å²) in [5.41, 5.74) is 1.78. The second-order valence-corrected chi connectivity index (χ2v) is 7.18. The van der Waals surface area contributed by atoms with E-state index in [2.05, 4.69) is 10.6 Å². The monoisotopic (exact) mass is 408 g/mol. The Balaban J connectivity index is 2.44. The van der Waals surface area contributed by atoms with E-state index in [4.69, 9.17) is 27.9 Å². The molecule has 0 spiro atoms. The van der Waals surface area contributed by atoms with Gasteiger partial charge in [-0.05, 0) is 24.6 Å². The van der Waals surface area contributed by atoms with Gasteiger partial charge in [0.25, 0.3) is 0 Å². The van der Waals surface area contributed by atoms with E-state index < -0.39 is 5.60 Å². The summed E-state index contributed by atoms with van der Waals surface area (Å²) in [5.74, 6) is -0.408. The molecule has 1 unspecified atom stereocenters. The van der Waals surface area contributed by atoms with Crippen LogP contribution < -0.4 is 10.6 Å². The molecule has 2 aromatic rings. The molecule has 0 fully saturated rings. The van der Waals surface area contributed by atoms with Crippen molar-refractivity contribution >= 4 is 46.4 Å². The Hall–Kier alpha value is -2.08. The first-order chi connectivity index (χ1) is 12.7. The average molecular weight is 409 g/mol. The van der Waals surface area contributed by atoms with Gasteiger partial charge in [-0.3, -0.25) is 9.59 Å². The highest BCUT2D eigenvalue weighted by molar-refractivity contribution is 6.35. The molecule has 0 aliphatic carbocycles. The third kappa shape index (κ3) is 5.01. The molecule has 2 aromatic carbocycles. The number of halogens is 2. The van der Waals surface area contributed by atoms with Gasteiger partial charge in [0.15, 0.2) is 0 Å². The zero-order chi connectivity index (χ0) is 20.2. The summed E-state index contributed by atoms with van der Waals surface area (Å²) in [7, 11) is 1.59. The van der Waals surface area contributed by atoms with Crippen molar-refractivity contribution < 1.29 is 14.3 Å². The van der Waals surface area contributed by atoms with E-state index in [1.807, 2.05) is 25.1 Å². The second-order valence-electron chi connectivity index (χ2n) is 6.42. The zero-order valence-electron chi connectivity index (χ0n) is 15.7. The SMILES string of the molecule is COC(C)(Cc1cccc(NC(C)=O)c1Cl)c1cccc(NC(C)=O)c1Cl. The molecule has 0 radical (unpaired) electrons. The molecule has 7 heteroatoms. The van der Waals surface area contributed by atoms with Crippen LogP contribution >= 0.6 is 23.2 Å². The number of nitrogens with one attached hydrogen (secondary N) is 2. The minimum absolute atomic E-state index is 0.199. The highest BCUT2D eigenvalue weighted by Crippen LogP contribution is 2.39. The molecule has 2 amide bonds. The molecule has 2 rings (SSSR count). The predicted molar refractivity (Wildman–Crippen MR) is 110 cm³/mol. The highest BCUT2D eigenvalue weighted by atomic mass is 35.5. The van der Waals surface area contributed by atoms with E-state index >= 15 is 0 Å². The van der Waals surface area contributed by atoms with Gasteiger partial charge >= 0.3 is 0 Å². The molecule has 0 aliphatic rings. The minimum atomic E-state index is -0.802. The van der Waals surface area contributed by atoms with Crippen LogP contribution in [0, 0.1) is 0 Å². The van der Waals surface area contributed by atoms with Crippen molar-refractivity contribution in [3.8, 4) is 0 Å². The number of hydrogen-bond donors (Lipinski definition) is 2. The number of anilines is 2. The number of hydrogen-bond acceptors (Lipinski definition) is 3. The molecule has 0 heterocycles. The summed E-state index contributed by atoms with van der Waals surface area (Å²) in [5, 5.41) is 6.29. The zero-order valence-corrected chi connectivity index (χ0v) is 17.2. The number of benzene rings is 2. The predicted octanol–water partition coefficient (Wildman–Crippen LogP) is 5.01. The van der Waals surface area contributed by atoms with Crippen molar-refractivity contribution in [2.24, 2.45) is 0 Å². The van der Waals surface area contributed by atoms with Gasteiger partial charge in [-0.1, -0.05) is 47.5 Å². The average Bonchev–Trinajstić information content (AvgIpc) is 2.59. The summed E-state index contributed by atoms with van der Waals surface area (Å²) in [6.07, 6.45) is 0.416. The Labute approximate surface area is 169 Å². The summed E-state index contributed by atoms with van der Waals surface area (Å²) in [6, 6.07) is 10.8. The normalized spacial score (nSPS) is 13.0. The molecule has 0 saturated carbocycles. The molecule has 1 atom stereocenters. The number of carbonyl (C=O) groups is 2. The van der Waals surface area contributed by atoms with Crippen LogP contribution in [0.5, 0.6) is 0 Å². The van der Waals surface area contributed by atoms with Crippen LogP contribution in [0.25, 0.3) is 0 Å². The van der Waals surface area contributed by atoms with Crippen LogP contribution in [-0.4, -0.2) is 18.9 Å². The van der Waals surface area contributed by atoms with E-state index in [1.165, 1.54) is 13.8 Å². The highest BCUT2D eigenvalue weighted by Gasteiger charge is 2.31. The van der Waals surface area contributed by atoms with Gasteiger partial charge in [-0.2, -0.15) is 0 Å². The van der Waals surface area contributed by atoms with Crippen LogP contribution in [-0.2, 0) is 26.3 Å². The summed E-state index contributed by atoms with van der Waals surface area (Å²) in [6.45, 7) is 4.74. The molecule has 144 valence electrons. The second kappa shape index (κ2) is 8.74. The van der Waals surface area contributed by atoms with Gasteiger partial charge in [-0.25, -0.2) is 0 Å². The lowest BCUT2D eigenvalue weighted by Crippen LogP contribution is -2.28. The summed E-state index contributed by atoms with van der Waals surface area (Å²) >= 11 is 13.0. The molecule has 0 aliphatic heterocycles. The van der Waals surface area contributed by atoms with Gasteiger partial charge in [-0.15, -0.1) is 0 Å². The smallest absolute Gasteiger partial charge is 0.221 e. The maximum Gasteiger partial charge on any atom is 0.221 e. The Morgan fingerprint density at radius 1 is 0.963 bits per heavy atom. The van der Waals surface area contributed by atoms with Crippen molar-refractivity contribution in [3.63, 3.8) is 0 Å². The van der Waals surface area contributed by atoms with Gasteiger partial charge in [0.05, 0.1) is 27.0 Å². The molecule has 2 N–H and O–H groups in total. The van der Waals surface area contributed by atoms with Gasteiger partial charge in [0.1, 0.15) is 0 Å². The van der Waals surface area contributed by atoms with E-state index in [-0.39, 0.29) is 11.8 Å². The topological polar surface area (TPSA) is 67.4 Å². The molecule has 0 aromatic heterocycles. The van der Waals surface area contributed by atoms with Crippen LogP contribution in [0.1, 0.15) is 31.9 Å². The third-order valence-corrected chi connectivity index (χ3v) is 5.10. The Bertz CT molecular complexity index is 870. The molecular formula is C20H22Cl2N2O3. The molecule has 5 nitrogen and oxygen atoms in total. The Kier molecular flexibility index (Phi) is 6.87. The van der Waals surface area contributed by atoms with Crippen molar-refractivity contribution in [2.45, 2.75) is 32.8 Å². The lowest BCUT2D eigenvalue weighted by atomic mass is 9.88. The van der Waals surface area contributed by atoms with Crippen molar-refractivity contribution in [1.29, 1.82) is 0 Å². The Morgan fingerprint density at radius 2 is 1.48 bits per heavy atom. The van der Waals surface area contributed by atoms with E-state index in [0.717, 1.165) is 11.1 Å². The van der Waals surface area contributed by atoms with Crippen LogP contribution in [0.4, 0.5) is 11.4 Å². The third-order valence-electron chi connectivity index (χ3n) is 4.25. The first kappa shape index (κ1) is 21.2. The first-order valence-corrected chi connectivity index (χ1v) is 9.10. The largest absolute Gasteiger partial charge is 0.373 e. The van der Waals surface area contributed by atoms with E-state index in [0.29, 0.717) is 27.8 Å². The van der Waals surface area contributed by atoms with Crippen molar-refractivity contribution in [1.82, 2.24) is 0 Å². The fourth-order valence-corrected chi connectivity index (χ4v) is 3.48. The van der Waals surface area contributed by atoms with Crippen LogP contribution in [0.3, 0.4) is 0 Å². The maximum absolute atomic E-state index is 11.4. The minimum Gasteiger partial charge on any atom is -0.373 e.